The Kier molecular flexibility index (Phi) is 4.96. The molecule has 1 atom stereocenters. The summed E-state index contributed by atoms with van der Waals surface area (Å²) in [7, 11) is 1.86. The zero-order chi connectivity index (χ0) is 13.9. The SMILES string of the molecule is CCC(C)(CCBr)NC(=O)c1c(C)nn(C)c1C. The average Bonchev–Trinajstić information content (AvgIpc) is 2.53. The number of carbonyl (C=O) groups is 1. The number of carbonyl (C=O) groups excluding carboxylic acids is 1. The lowest BCUT2D eigenvalue weighted by molar-refractivity contribution is 0.0900. The molecule has 1 heterocycles. The van der Waals surface area contributed by atoms with Gasteiger partial charge in [-0.25, -0.2) is 0 Å². The first-order chi connectivity index (χ1) is 8.34. The molecule has 1 amide bonds. The Morgan fingerprint density at radius 3 is 2.50 bits per heavy atom. The van der Waals surface area contributed by atoms with E-state index in [0.29, 0.717) is 5.56 Å². The number of nitrogens with zero attached hydrogens (tertiary/aromatic N) is 2. The molecule has 1 unspecified atom stereocenters. The molecule has 0 saturated carbocycles. The van der Waals surface area contributed by atoms with Crippen LogP contribution in [0, 0.1) is 13.8 Å². The van der Waals surface area contributed by atoms with Gasteiger partial charge in [0.1, 0.15) is 0 Å². The Balaban J connectivity index is 2.94. The van der Waals surface area contributed by atoms with Gasteiger partial charge in [-0.05, 0) is 33.6 Å². The van der Waals surface area contributed by atoms with Gasteiger partial charge in [-0.3, -0.25) is 9.48 Å². The molecule has 1 aromatic rings. The van der Waals surface area contributed by atoms with Crippen molar-refractivity contribution in [3.05, 3.63) is 17.0 Å². The molecule has 0 aromatic carbocycles. The summed E-state index contributed by atoms with van der Waals surface area (Å²) in [5.41, 5.74) is 2.22. The highest BCUT2D eigenvalue weighted by Crippen LogP contribution is 2.19. The van der Waals surface area contributed by atoms with Crippen LogP contribution in [-0.2, 0) is 7.05 Å². The van der Waals surface area contributed by atoms with Crippen molar-refractivity contribution in [3.8, 4) is 0 Å². The van der Waals surface area contributed by atoms with Gasteiger partial charge in [0.25, 0.3) is 5.91 Å². The molecule has 0 aliphatic rings. The van der Waals surface area contributed by atoms with E-state index in [9.17, 15) is 4.79 Å². The zero-order valence-corrected chi connectivity index (χ0v) is 13.4. The Hall–Kier alpha value is -0.840. The maximum absolute atomic E-state index is 12.4. The summed E-state index contributed by atoms with van der Waals surface area (Å²) in [6.45, 7) is 7.96. The standard InChI is InChI=1S/C13H22BrN3O/c1-6-13(4,7-8-14)15-12(18)11-9(2)16-17(5)10(11)3/h6-8H2,1-5H3,(H,15,18). The summed E-state index contributed by atoms with van der Waals surface area (Å²) >= 11 is 3.44. The second-order valence-corrected chi connectivity index (χ2v) is 5.77. The van der Waals surface area contributed by atoms with Crippen molar-refractivity contribution in [2.45, 2.75) is 46.1 Å². The highest BCUT2D eigenvalue weighted by molar-refractivity contribution is 9.09. The average molecular weight is 316 g/mol. The van der Waals surface area contributed by atoms with Crippen LogP contribution in [0.25, 0.3) is 0 Å². The van der Waals surface area contributed by atoms with Crippen LogP contribution in [0.5, 0.6) is 0 Å². The van der Waals surface area contributed by atoms with Crippen molar-refractivity contribution < 1.29 is 4.79 Å². The third-order valence-corrected chi connectivity index (χ3v) is 3.97. The molecule has 0 aliphatic carbocycles. The van der Waals surface area contributed by atoms with E-state index in [0.717, 1.165) is 29.6 Å². The van der Waals surface area contributed by atoms with Crippen molar-refractivity contribution in [2.75, 3.05) is 5.33 Å². The molecular formula is C13H22BrN3O. The second-order valence-electron chi connectivity index (χ2n) is 4.98. The third kappa shape index (κ3) is 3.13. The minimum absolute atomic E-state index is 0.0246. The van der Waals surface area contributed by atoms with Crippen LogP contribution in [0.2, 0.25) is 0 Å². The van der Waals surface area contributed by atoms with E-state index in [4.69, 9.17) is 0 Å². The highest BCUT2D eigenvalue weighted by Gasteiger charge is 2.26. The van der Waals surface area contributed by atoms with E-state index >= 15 is 0 Å². The number of amides is 1. The number of alkyl halides is 1. The quantitative estimate of drug-likeness (QED) is 0.849. The smallest absolute Gasteiger partial charge is 0.255 e. The van der Waals surface area contributed by atoms with Crippen molar-refractivity contribution in [3.63, 3.8) is 0 Å². The van der Waals surface area contributed by atoms with Crippen LogP contribution in [-0.4, -0.2) is 26.6 Å². The summed E-state index contributed by atoms with van der Waals surface area (Å²) in [6.07, 6.45) is 1.82. The maximum atomic E-state index is 12.4. The molecule has 18 heavy (non-hydrogen) atoms. The Labute approximate surface area is 117 Å². The first-order valence-electron chi connectivity index (χ1n) is 6.23. The van der Waals surface area contributed by atoms with Gasteiger partial charge >= 0.3 is 0 Å². The van der Waals surface area contributed by atoms with E-state index in [2.05, 4.69) is 40.2 Å². The van der Waals surface area contributed by atoms with Crippen LogP contribution in [0.3, 0.4) is 0 Å². The van der Waals surface area contributed by atoms with Crippen molar-refractivity contribution >= 4 is 21.8 Å². The molecule has 0 bridgehead atoms. The first-order valence-corrected chi connectivity index (χ1v) is 7.35. The monoisotopic (exact) mass is 315 g/mol. The van der Waals surface area contributed by atoms with Crippen molar-refractivity contribution in [1.29, 1.82) is 0 Å². The second kappa shape index (κ2) is 5.87. The normalized spacial score (nSPS) is 14.3. The summed E-state index contributed by atoms with van der Waals surface area (Å²) < 4.78 is 1.75. The van der Waals surface area contributed by atoms with Gasteiger partial charge < -0.3 is 5.32 Å². The zero-order valence-electron chi connectivity index (χ0n) is 11.8. The van der Waals surface area contributed by atoms with Crippen molar-refractivity contribution in [2.24, 2.45) is 7.05 Å². The molecule has 0 radical (unpaired) electrons. The molecule has 0 spiro atoms. The Bertz CT molecular complexity index is 442. The van der Waals surface area contributed by atoms with Gasteiger partial charge in [-0.15, -0.1) is 0 Å². The molecule has 0 aliphatic heterocycles. The largest absolute Gasteiger partial charge is 0.347 e. The fourth-order valence-electron chi connectivity index (χ4n) is 1.98. The number of hydrogen-bond donors (Lipinski definition) is 1. The molecule has 1 rings (SSSR count). The molecule has 1 N–H and O–H groups in total. The minimum Gasteiger partial charge on any atom is -0.347 e. The van der Waals surface area contributed by atoms with Crippen LogP contribution in [0.1, 0.15) is 48.4 Å². The summed E-state index contributed by atoms with van der Waals surface area (Å²) in [5, 5.41) is 8.29. The lowest BCUT2D eigenvalue weighted by atomic mass is 9.95. The lowest BCUT2D eigenvalue weighted by Crippen LogP contribution is -2.46. The van der Waals surface area contributed by atoms with E-state index < -0.39 is 0 Å². The number of rotatable bonds is 5. The van der Waals surface area contributed by atoms with E-state index in [-0.39, 0.29) is 11.4 Å². The maximum Gasteiger partial charge on any atom is 0.255 e. The number of aryl methyl sites for hydroxylation is 2. The van der Waals surface area contributed by atoms with Gasteiger partial charge in [0.05, 0.1) is 11.3 Å². The highest BCUT2D eigenvalue weighted by atomic mass is 79.9. The van der Waals surface area contributed by atoms with Gasteiger partial charge in [0.2, 0.25) is 0 Å². The van der Waals surface area contributed by atoms with Gasteiger partial charge in [0, 0.05) is 23.6 Å². The predicted octanol–water partition coefficient (Wildman–Crippen LogP) is 2.72. The number of halogens is 1. The van der Waals surface area contributed by atoms with Crippen LogP contribution in [0.15, 0.2) is 0 Å². The van der Waals surface area contributed by atoms with E-state index in [1.165, 1.54) is 0 Å². The molecule has 102 valence electrons. The summed E-state index contributed by atoms with van der Waals surface area (Å²) in [6, 6.07) is 0. The number of aromatic nitrogens is 2. The Morgan fingerprint density at radius 1 is 1.50 bits per heavy atom. The van der Waals surface area contributed by atoms with Crippen LogP contribution < -0.4 is 5.32 Å². The molecule has 0 fully saturated rings. The van der Waals surface area contributed by atoms with Crippen molar-refractivity contribution in [1.82, 2.24) is 15.1 Å². The van der Waals surface area contributed by atoms with Gasteiger partial charge in [-0.1, -0.05) is 22.9 Å². The third-order valence-electron chi connectivity index (χ3n) is 3.58. The van der Waals surface area contributed by atoms with Crippen LogP contribution >= 0.6 is 15.9 Å². The molecule has 0 saturated heterocycles. The van der Waals surface area contributed by atoms with E-state index in [1.807, 2.05) is 20.9 Å². The predicted molar refractivity (Wildman–Crippen MR) is 77.3 cm³/mol. The summed E-state index contributed by atoms with van der Waals surface area (Å²) in [5.74, 6) is -0.0246. The van der Waals surface area contributed by atoms with Crippen LogP contribution in [0.4, 0.5) is 0 Å². The summed E-state index contributed by atoms with van der Waals surface area (Å²) in [4.78, 5) is 12.4. The molecule has 4 nitrogen and oxygen atoms in total. The van der Waals surface area contributed by atoms with Gasteiger partial charge in [0.15, 0.2) is 0 Å². The lowest BCUT2D eigenvalue weighted by Gasteiger charge is -2.29. The molecule has 5 heteroatoms. The first kappa shape index (κ1) is 15.2. The molecular weight excluding hydrogens is 294 g/mol. The molecule has 1 aromatic heterocycles. The fraction of sp³-hybridized carbons (Fsp3) is 0.692. The topological polar surface area (TPSA) is 46.9 Å². The number of hydrogen-bond acceptors (Lipinski definition) is 2. The van der Waals surface area contributed by atoms with Gasteiger partial charge in [-0.2, -0.15) is 5.10 Å². The minimum atomic E-state index is -0.171. The fourth-order valence-corrected chi connectivity index (χ4v) is 2.85. The van der Waals surface area contributed by atoms with E-state index in [1.54, 1.807) is 4.68 Å². The number of nitrogens with one attached hydrogen (secondary N) is 1. The Morgan fingerprint density at radius 2 is 2.11 bits per heavy atom.